The quantitative estimate of drug-likeness (QED) is 0.680. The minimum Gasteiger partial charge on any atom is -0.299 e. The van der Waals surface area contributed by atoms with Crippen LogP contribution in [0, 0.1) is 0 Å². The molecule has 3 saturated heterocycles. The van der Waals surface area contributed by atoms with Crippen LogP contribution in [0.2, 0.25) is 0 Å². The lowest BCUT2D eigenvalue weighted by Crippen LogP contribution is -2.58. The summed E-state index contributed by atoms with van der Waals surface area (Å²) in [7, 11) is 0. The molecule has 1 N–H and O–H groups in total. The molecule has 3 atom stereocenters. The van der Waals surface area contributed by atoms with Gasteiger partial charge in [-0.25, -0.2) is 0 Å². The first-order chi connectivity index (χ1) is 7.30. The van der Waals surface area contributed by atoms with Gasteiger partial charge in [0, 0.05) is 18.6 Å². The zero-order valence-corrected chi connectivity index (χ0v) is 10.5. The highest BCUT2D eigenvalue weighted by molar-refractivity contribution is 8.00. The SMILES string of the molecule is CC1CCSC2(CCN3CCCCC32)N1. The van der Waals surface area contributed by atoms with Gasteiger partial charge in [-0.3, -0.25) is 10.2 Å². The Labute approximate surface area is 97.2 Å². The van der Waals surface area contributed by atoms with Crippen LogP contribution in [0.3, 0.4) is 0 Å². The molecule has 0 aromatic heterocycles. The van der Waals surface area contributed by atoms with Crippen LogP contribution in [0.1, 0.15) is 39.0 Å². The third kappa shape index (κ3) is 1.73. The van der Waals surface area contributed by atoms with E-state index in [1.165, 1.54) is 50.9 Å². The van der Waals surface area contributed by atoms with Gasteiger partial charge in [0.25, 0.3) is 0 Å². The van der Waals surface area contributed by atoms with Crippen molar-refractivity contribution in [2.45, 2.75) is 56.0 Å². The Bertz CT molecular complexity index is 246. The number of hydrogen-bond donors (Lipinski definition) is 1. The first-order valence-electron chi connectivity index (χ1n) is 6.46. The third-order valence-electron chi connectivity index (χ3n) is 4.32. The molecule has 0 amide bonds. The van der Waals surface area contributed by atoms with Gasteiger partial charge >= 0.3 is 0 Å². The Morgan fingerprint density at radius 2 is 2.20 bits per heavy atom. The van der Waals surface area contributed by atoms with Crippen LogP contribution in [0.5, 0.6) is 0 Å². The lowest BCUT2D eigenvalue weighted by molar-refractivity contribution is 0.165. The fourth-order valence-corrected chi connectivity index (χ4v) is 5.36. The Morgan fingerprint density at radius 1 is 1.27 bits per heavy atom. The molecule has 0 aromatic rings. The molecule has 0 aliphatic carbocycles. The second-order valence-electron chi connectivity index (χ2n) is 5.37. The van der Waals surface area contributed by atoms with E-state index in [9.17, 15) is 0 Å². The van der Waals surface area contributed by atoms with Gasteiger partial charge in [-0.05, 0) is 44.9 Å². The molecule has 0 radical (unpaired) electrons. The van der Waals surface area contributed by atoms with Gasteiger partial charge in [-0.15, -0.1) is 11.8 Å². The average Bonchev–Trinajstić information content (AvgIpc) is 2.59. The standard InChI is InChI=1S/C12H22N2S/c1-10-5-9-15-12(13-10)6-8-14-7-3-2-4-11(12)14/h10-11,13H,2-9H2,1H3. The van der Waals surface area contributed by atoms with Gasteiger partial charge in [0.1, 0.15) is 0 Å². The second-order valence-corrected chi connectivity index (χ2v) is 6.79. The Balaban J connectivity index is 1.79. The van der Waals surface area contributed by atoms with Crippen molar-refractivity contribution in [3.05, 3.63) is 0 Å². The van der Waals surface area contributed by atoms with Crippen LogP contribution in [0.15, 0.2) is 0 Å². The van der Waals surface area contributed by atoms with Crippen molar-refractivity contribution in [1.29, 1.82) is 0 Å². The molecular formula is C12H22N2S. The van der Waals surface area contributed by atoms with E-state index >= 15 is 0 Å². The molecule has 3 aliphatic heterocycles. The Morgan fingerprint density at radius 3 is 3.07 bits per heavy atom. The van der Waals surface area contributed by atoms with Gasteiger partial charge in [-0.2, -0.15) is 0 Å². The molecule has 3 heteroatoms. The molecule has 0 saturated carbocycles. The minimum absolute atomic E-state index is 0.429. The number of rotatable bonds is 0. The predicted octanol–water partition coefficient (Wildman–Crippen LogP) is 2.06. The summed E-state index contributed by atoms with van der Waals surface area (Å²) in [6.07, 6.45) is 7.00. The summed E-state index contributed by atoms with van der Waals surface area (Å²) >= 11 is 2.21. The highest BCUT2D eigenvalue weighted by Crippen LogP contribution is 2.45. The van der Waals surface area contributed by atoms with Crippen molar-refractivity contribution >= 4 is 11.8 Å². The number of thioether (sulfide) groups is 1. The Kier molecular flexibility index (Phi) is 2.74. The zero-order valence-electron chi connectivity index (χ0n) is 9.67. The molecule has 3 aliphatic rings. The lowest BCUT2D eigenvalue weighted by atomic mass is 9.97. The number of piperidine rings is 1. The summed E-state index contributed by atoms with van der Waals surface area (Å²) in [6, 6.07) is 1.56. The van der Waals surface area contributed by atoms with Crippen molar-refractivity contribution in [2.24, 2.45) is 0 Å². The summed E-state index contributed by atoms with van der Waals surface area (Å²) in [4.78, 5) is 3.17. The fourth-order valence-electron chi connectivity index (χ4n) is 3.55. The van der Waals surface area contributed by atoms with Gasteiger partial charge in [0.05, 0.1) is 4.87 Å². The van der Waals surface area contributed by atoms with Gasteiger partial charge in [-0.1, -0.05) is 6.42 Å². The van der Waals surface area contributed by atoms with Gasteiger partial charge < -0.3 is 0 Å². The smallest absolute Gasteiger partial charge is 0.0816 e. The average molecular weight is 226 g/mol. The fraction of sp³-hybridized carbons (Fsp3) is 1.00. The van der Waals surface area contributed by atoms with Crippen molar-refractivity contribution < 1.29 is 0 Å². The minimum atomic E-state index is 0.429. The molecule has 2 nitrogen and oxygen atoms in total. The number of fused-ring (bicyclic) bond motifs is 2. The van der Waals surface area contributed by atoms with Crippen molar-refractivity contribution in [1.82, 2.24) is 10.2 Å². The van der Waals surface area contributed by atoms with E-state index in [2.05, 4.69) is 28.9 Å². The van der Waals surface area contributed by atoms with Gasteiger partial charge in [0.15, 0.2) is 0 Å². The normalized spacial score (nSPS) is 47.0. The van der Waals surface area contributed by atoms with E-state index in [1.807, 2.05) is 0 Å². The van der Waals surface area contributed by atoms with Crippen molar-refractivity contribution in [3.63, 3.8) is 0 Å². The van der Waals surface area contributed by atoms with Crippen LogP contribution in [0.25, 0.3) is 0 Å². The lowest BCUT2D eigenvalue weighted by Gasteiger charge is -2.45. The molecule has 0 bridgehead atoms. The predicted molar refractivity (Wildman–Crippen MR) is 66.2 cm³/mol. The summed E-state index contributed by atoms with van der Waals surface area (Å²) in [5, 5.41) is 3.91. The maximum atomic E-state index is 3.91. The molecule has 3 heterocycles. The summed E-state index contributed by atoms with van der Waals surface area (Å²) in [5.41, 5.74) is 0. The van der Waals surface area contributed by atoms with Crippen molar-refractivity contribution in [2.75, 3.05) is 18.8 Å². The van der Waals surface area contributed by atoms with E-state index in [0.29, 0.717) is 4.87 Å². The molecule has 3 rings (SSSR count). The Hall–Kier alpha value is 0.270. The number of nitrogens with one attached hydrogen (secondary N) is 1. The summed E-state index contributed by atoms with van der Waals surface area (Å²) in [5.74, 6) is 1.36. The van der Waals surface area contributed by atoms with Crippen molar-refractivity contribution in [3.8, 4) is 0 Å². The first-order valence-corrected chi connectivity index (χ1v) is 7.44. The maximum absolute atomic E-state index is 3.91. The van der Waals surface area contributed by atoms with Crippen LogP contribution in [0.4, 0.5) is 0 Å². The van der Waals surface area contributed by atoms with Crippen LogP contribution in [-0.2, 0) is 0 Å². The molecular weight excluding hydrogens is 204 g/mol. The highest BCUT2D eigenvalue weighted by Gasteiger charge is 2.49. The molecule has 0 aromatic carbocycles. The van der Waals surface area contributed by atoms with Crippen LogP contribution >= 0.6 is 11.8 Å². The van der Waals surface area contributed by atoms with Gasteiger partial charge in [0.2, 0.25) is 0 Å². The monoisotopic (exact) mass is 226 g/mol. The maximum Gasteiger partial charge on any atom is 0.0816 e. The number of hydrogen-bond acceptors (Lipinski definition) is 3. The van der Waals surface area contributed by atoms with E-state index in [1.54, 1.807) is 0 Å². The zero-order chi connectivity index (χ0) is 10.3. The summed E-state index contributed by atoms with van der Waals surface area (Å²) < 4.78 is 0. The third-order valence-corrected chi connectivity index (χ3v) is 5.87. The van der Waals surface area contributed by atoms with E-state index in [4.69, 9.17) is 0 Å². The molecule has 15 heavy (non-hydrogen) atoms. The van der Waals surface area contributed by atoms with Crippen LogP contribution < -0.4 is 5.32 Å². The van der Waals surface area contributed by atoms with E-state index in [-0.39, 0.29) is 0 Å². The second kappa shape index (κ2) is 3.94. The largest absolute Gasteiger partial charge is 0.299 e. The molecule has 3 fully saturated rings. The topological polar surface area (TPSA) is 15.3 Å². The summed E-state index contributed by atoms with van der Waals surface area (Å²) in [6.45, 7) is 5.04. The van der Waals surface area contributed by atoms with Crippen LogP contribution in [-0.4, -0.2) is 40.7 Å². The molecule has 3 unspecified atom stereocenters. The molecule has 86 valence electrons. The molecule has 1 spiro atoms. The van der Waals surface area contributed by atoms with E-state index < -0.39 is 0 Å². The first kappa shape index (κ1) is 10.4. The highest BCUT2D eigenvalue weighted by atomic mass is 32.2. The number of nitrogens with zero attached hydrogens (tertiary/aromatic N) is 1. The van der Waals surface area contributed by atoms with E-state index in [0.717, 1.165) is 12.1 Å².